The van der Waals surface area contributed by atoms with Crippen molar-refractivity contribution in [2.75, 3.05) is 20.2 Å². The van der Waals surface area contributed by atoms with Gasteiger partial charge in [-0.2, -0.15) is 0 Å². The molecule has 1 saturated heterocycles. The summed E-state index contributed by atoms with van der Waals surface area (Å²) in [5, 5.41) is 10.9. The monoisotopic (exact) mass is 438 g/mol. The second-order valence-electron chi connectivity index (χ2n) is 7.85. The van der Waals surface area contributed by atoms with Crippen LogP contribution in [0, 0.1) is 12.8 Å². The van der Waals surface area contributed by atoms with Crippen LogP contribution < -0.4 is 4.74 Å². The summed E-state index contributed by atoms with van der Waals surface area (Å²) in [4.78, 5) is 10.8. The molecule has 4 rings (SSSR count). The Kier molecular flexibility index (Phi) is 8.83. The minimum atomic E-state index is -0.250. The summed E-state index contributed by atoms with van der Waals surface area (Å²) in [5.41, 5.74) is 3.30. The van der Waals surface area contributed by atoms with Gasteiger partial charge >= 0.3 is 0 Å². The lowest BCUT2D eigenvalue weighted by atomic mass is 10.0. The molecule has 0 saturated carbocycles. The van der Waals surface area contributed by atoms with Gasteiger partial charge in [0.05, 0.1) is 11.8 Å². The quantitative estimate of drug-likeness (QED) is 0.533. The SMILES string of the molecule is CO[C@H]1CN(Cc2ccccc2OCc2ccccc2)C[C@H]1Cc1cc(C)no1.O=CO. The van der Waals surface area contributed by atoms with Gasteiger partial charge in [0.25, 0.3) is 6.47 Å². The van der Waals surface area contributed by atoms with Gasteiger partial charge in [-0.1, -0.05) is 53.7 Å². The third-order valence-corrected chi connectivity index (χ3v) is 5.50. The highest BCUT2D eigenvalue weighted by Gasteiger charge is 2.34. The number of para-hydroxylation sites is 1. The van der Waals surface area contributed by atoms with Crippen LogP contribution in [0.25, 0.3) is 0 Å². The molecule has 0 bridgehead atoms. The zero-order valence-corrected chi connectivity index (χ0v) is 18.5. The normalized spacial score (nSPS) is 18.1. The molecule has 0 amide bonds. The summed E-state index contributed by atoms with van der Waals surface area (Å²) < 4.78 is 17.3. The van der Waals surface area contributed by atoms with Gasteiger partial charge in [0.1, 0.15) is 18.1 Å². The van der Waals surface area contributed by atoms with Gasteiger partial charge in [0.2, 0.25) is 0 Å². The lowest BCUT2D eigenvalue weighted by Gasteiger charge is -2.18. The van der Waals surface area contributed by atoms with Crippen molar-refractivity contribution in [2.45, 2.75) is 32.6 Å². The fourth-order valence-electron chi connectivity index (χ4n) is 4.04. The summed E-state index contributed by atoms with van der Waals surface area (Å²) in [6, 6.07) is 20.6. The Morgan fingerprint density at radius 2 is 1.88 bits per heavy atom. The molecule has 2 aromatic carbocycles. The van der Waals surface area contributed by atoms with Crippen molar-refractivity contribution in [3.63, 3.8) is 0 Å². The Morgan fingerprint density at radius 1 is 1.16 bits per heavy atom. The maximum absolute atomic E-state index is 8.36. The van der Waals surface area contributed by atoms with Gasteiger partial charge in [-0.25, -0.2) is 0 Å². The molecule has 0 aliphatic carbocycles. The second kappa shape index (κ2) is 12.0. The van der Waals surface area contributed by atoms with Crippen molar-refractivity contribution < 1.29 is 23.9 Å². The molecule has 1 fully saturated rings. The Bertz CT molecular complexity index is 960. The van der Waals surface area contributed by atoms with Crippen molar-refractivity contribution in [2.24, 2.45) is 5.92 Å². The molecule has 2 heterocycles. The molecular formula is C25H30N2O5. The number of hydrogen-bond acceptors (Lipinski definition) is 6. The smallest absolute Gasteiger partial charge is 0.290 e. The molecule has 32 heavy (non-hydrogen) atoms. The molecule has 1 aliphatic rings. The number of carbonyl (C=O) groups is 1. The summed E-state index contributed by atoms with van der Waals surface area (Å²) in [6.45, 7) is 4.99. The van der Waals surface area contributed by atoms with Crippen LogP contribution in [0.2, 0.25) is 0 Å². The predicted molar refractivity (Wildman–Crippen MR) is 120 cm³/mol. The zero-order valence-electron chi connectivity index (χ0n) is 18.5. The van der Waals surface area contributed by atoms with Crippen LogP contribution in [0.1, 0.15) is 22.6 Å². The van der Waals surface area contributed by atoms with Crippen LogP contribution in [0.3, 0.4) is 0 Å². The van der Waals surface area contributed by atoms with Crippen molar-refractivity contribution in [3.05, 3.63) is 83.2 Å². The molecule has 0 radical (unpaired) electrons. The first-order chi connectivity index (χ1) is 15.6. The zero-order chi connectivity index (χ0) is 22.8. The lowest BCUT2D eigenvalue weighted by Crippen LogP contribution is -2.23. The van der Waals surface area contributed by atoms with Crippen LogP contribution in [0.4, 0.5) is 0 Å². The highest BCUT2D eigenvalue weighted by atomic mass is 16.5. The van der Waals surface area contributed by atoms with Crippen LogP contribution >= 0.6 is 0 Å². The van der Waals surface area contributed by atoms with Gasteiger partial charge in [-0.05, 0) is 18.6 Å². The number of nitrogens with zero attached hydrogens (tertiary/aromatic N) is 2. The highest BCUT2D eigenvalue weighted by molar-refractivity contribution is 5.34. The summed E-state index contributed by atoms with van der Waals surface area (Å²) in [5.74, 6) is 2.27. The van der Waals surface area contributed by atoms with Crippen LogP contribution in [0.5, 0.6) is 5.75 Å². The number of hydrogen-bond donors (Lipinski definition) is 1. The Hall–Kier alpha value is -3.16. The summed E-state index contributed by atoms with van der Waals surface area (Å²) >= 11 is 0. The largest absolute Gasteiger partial charge is 0.489 e. The molecule has 3 aromatic rings. The van der Waals surface area contributed by atoms with Crippen molar-refractivity contribution in [3.8, 4) is 5.75 Å². The van der Waals surface area contributed by atoms with E-state index in [2.05, 4.69) is 40.4 Å². The van der Waals surface area contributed by atoms with E-state index in [-0.39, 0.29) is 12.6 Å². The maximum atomic E-state index is 8.36. The van der Waals surface area contributed by atoms with E-state index in [0.717, 1.165) is 43.3 Å². The Morgan fingerprint density at radius 3 is 2.56 bits per heavy atom. The minimum absolute atomic E-state index is 0.192. The second-order valence-corrected chi connectivity index (χ2v) is 7.85. The van der Waals surface area contributed by atoms with Gasteiger partial charge in [-0.3, -0.25) is 9.69 Å². The van der Waals surface area contributed by atoms with E-state index in [0.29, 0.717) is 12.5 Å². The molecule has 170 valence electrons. The van der Waals surface area contributed by atoms with Crippen molar-refractivity contribution in [1.82, 2.24) is 10.1 Å². The van der Waals surface area contributed by atoms with E-state index >= 15 is 0 Å². The highest BCUT2D eigenvalue weighted by Crippen LogP contribution is 2.28. The van der Waals surface area contributed by atoms with Crippen LogP contribution in [-0.4, -0.2) is 47.9 Å². The minimum Gasteiger partial charge on any atom is -0.489 e. The predicted octanol–water partition coefficient (Wildman–Crippen LogP) is 3.95. The Balaban J connectivity index is 0.000000913. The van der Waals surface area contributed by atoms with Gasteiger partial charge in [-0.15, -0.1) is 0 Å². The average Bonchev–Trinajstić information content (AvgIpc) is 3.39. The molecule has 1 aromatic heterocycles. The number of aromatic nitrogens is 1. The van der Waals surface area contributed by atoms with E-state index in [1.807, 2.05) is 37.3 Å². The van der Waals surface area contributed by atoms with E-state index in [4.69, 9.17) is 23.9 Å². The van der Waals surface area contributed by atoms with E-state index in [1.165, 1.54) is 11.1 Å². The fourth-order valence-corrected chi connectivity index (χ4v) is 4.04. The summed E-state index contributed by atoms with van der Waals surface area (Å²) in [7, 11) is 1.80. The number of carboxylic acid groups (broad SMARTS) is 1. The first-order valence-corrected chi connectivity index (χ1v) is 10.6. The molecule has 7 nitrogen and oxygen atoms in total. The third-order valence-electron chi connectivity index (χ3n) is 5.50. The third kappa shape index (κ3) is 6.67. The first-order valence-electron chi connectivity index (χ1n) is 10.6. The molecule has 0 spiro atoms. The molecule has 0 unspecified atom stereocenters. The molecule has 1 N–H and O–H groups in total. The lowest BCUT2D eigenvalue weighted by molar-refractivity contribution is -0.122. The van der Waals surface area contributed by atoms with E-state index < -0.39 is 0 Å². The summed E-state index contributed by atoms with van der Waals surface area (Å²) in [6.07, 6.45) is 1.04. The van der Waals surface area contributed by atoms with Crippen LogP contribution in [0.15, 0.2) is 65.2 Å². The standard InChI is InChI=1S/C24H28N2O3.CH2O2/c1-18-12-22(29-25-18)13-21-15-26(16-24(21)27-2)14-20-10-6-7-11-23(20)28-17-19-8-4-3-5-9-19;2-1-3/h3-12,21,24H,13-17H2,1-2H3;1H,(H,2,3)/t21-,24+;/m1./s1. The maximum Gasteiger partial charge on any atom is 0.290 e. The molecule has 7 heteroatoms. The van der Waals surface area contributed by atoms with Gasteiger partial charge in [0, 0.05) is 50.7 Å². The molecular weight excluding hydrogens is 408 g/mol. The number of benzene rings is 2. The number of rotatable bonds is 8. The van der Waals surface area contributed by atoms with E-state index in [1.54, 1.807) is 7.11 Å². The average molecular weight is 439 g/mol. The van der Waals surface area contributed by atoms with E-state index in [9.17, 15) is 0 Å². The molecule has 2 atom stereocenters. The topological polar surface area (TPSA) is 85.0 Å². The van der Waals surface area contributed by atoms with Gasteiger partial charge in [0.15, 0.2) is 0 Å². The fraction of sp³-hybridized carbons (Fsp3) is 0.360. The first kappa shape index (κ1) is 23.5. The Labute approximate surface area is 188 Å². The van der Waals surface area contributed by atoms with Crippen molar-refractivity contribution >= 4 is 6.47 Å². The molecule has 1 aliphatic heterocycles. The van der Waals surface area contributed by atoms with Crippen LogP contribution in [-0.2, 0) is 29.1 Å². The van der Waals surface area contributed by atoms with Gasteiger partial charge < -0.3 is 19.1 Å². The number of likely N-dealkylation sites (tertiary alicyclic amines) is 1. The number of aryl methyl sites for hydroxylation is 1. The number of methoxy groups -OCH3 is 1. The van der Waals surface area contributed by atoms with Crippen molar-refractivity contribution in [1.29, 1.82) is 0 Å². The number of ether oxygens (including phenoxy) is 2.